The zero-order chi connectivity index (χ0) is 17.3. The van der Waals surface area contributed by atoms with Gasteiger partial charge in [0.05, 0.1) is 19.3 Å². The fourth-order valence-electron chi connectivity index (χ4n) is 2.66. The van der Waals surface area contributed by atoms with Crippen molar-refractivity contribution in [1.29, 1.82) is 0 Å². The lowest BCUT2D eigenvalue weighted by Crippen LogP contribution is -2.27. The van der Waals surface area contributed by atoms with Gasteiger partial charge in [0.1, 0.15) is 12.1 Å². The van der Waals surface area contributed by atoms with E-state index < -0.39 is 0 Å². The molecular weight excluding hydrogens is 332 g/mol. The molecular formula is C16H17ClN4O3. The molecule has 2 heterocycles. The van der Waals surface area contributed by atoms with Gasteiger partial charge in [0.2, 0.25) is 0 Å². The van der Waals surface area contributed by atoms with Gasteiger partial charge < -0.3 is 9.84 Å². The lowest BCUT2D eigenvalue weighted by molar-refractivity contribution is 0.298. The van der Waals surface area contributed by atoms with Gasteiger partial charge in [-0.15, -0.1) is 0 Å². The highest BCUT2D eigenvalue weighted by atomic mass is 35.5. The molecule has 1 aromatic carbocycles. The lowest BCUT2D eigenvalue weighted by atomic mass is 10.2. The molecule has 0 amide bonds. The zero-order valence-electron chi connectivity index (χ0n) is 13.4. The van der Waals surface area contributed by atoms with E-state index in [9.17, 15) is 4.79 Å². The molecule has 0 unspecified atom stereocenters. The van der Waals surface area contributed by atoms with Crippen LogP contribution in [0.3, 0.4) is 0 Å². The zero-order valence-corrected chi connectivity index (χ0v) is 14.1. The number of fused-ring (bicyclic) bond motifs is 1. The van der Waals surface area contributed by atoms with E-state index in [-0.39, 0.29) is 18.6 Å². The van der Waals surface area contributed by atoms with E-state index in [1.165, 1.54) is 4.52 Å². The van der Waals surface area contributed by atoms with Gasteiger partial charge in [-0.2, -0.15) is 9.50 Å². The smallest absolute Gasteiger partial charge is 0.277 e. The van der Waals surface area contributed by atoms with Gasteiger partial charge in [-0.05, 0) is 19.1 Å². The van der Waals surface area contributed by atoms with Gasteiger partial charge in [-0.3, -0.25) is 9.48 Å². The molecule has 0 atom stereocenters. The minimum atomic E-state index is -0.225. The summed E-state index contributed by atoms with van der Waals surface area (Å²) in [6, 6.07) is 5.33. The second-order valence-electron chi connectivity index (χ2n) is 5.36. The molecule has 0 bridgehead atoms. The molecule has 0 aliphatic heterocycles. The average Bonchev–Trinajstić information content (AvgIpc) is 2.95. The fraction of sp³-hybridized carbons (Fsp3) is 0.312. The predicted molar refractivity (Wildman–Crippen MR) is 89.9 cm³/mol. The Labute approximate surface area is 143 Å². The van der Waals surface area contributed by atoms with Crippen molar-refractivity contribution in [1.82, 2.24) is 19.2 Å². The molecule has 126 valence electrons. The summed E-state index contributed by atoms with van der Waals surface area (Å²) in [5, 5.41) is 9.74. The summed E-state index contributed by atoms with van der Waals surface area (Å²) >= 11 is 5.98. The van der Waals surface area contributed by atoms with Crippen molar-refractivity contribution in [2.45, 2.75) is 19.9 Å². The van der Waals surface area contributed by atoms with Crippen molar-refractivity contribution in [2.75, 3.05) is 13.7 Å². The predicted octanol–water partition coefficient (Wildman–Crippen LogP) is 1.44. The topological polar surface area (TPSA) is 81.7 Å². The van der Waals surface area contributed by atoms with Crippen LogP contribution in [0.5, 0.6) is 5.75 Å². The number of aryl methyl sites for hydroxylation is 1. The molecule has 24 heavy (non-hydrogen) atoms. The second-order valence-corrected chi connectivity index (χ2v) is 5.80. The molecule has 3 rings (SSSR count). The van der Waals surface area contributed by atoms with Crippen LogP contribution in [0.15, 0.2) is 29.3 Å². The standard InChI is InChI=1S/C16H17ClN4O3/c1-10-13(5-6-22)15(23)21-16(19-10)18-9-20(21)8-11-3-4-12(17)7-14(11)24-2/h3-4,7,9,22H,5-6,8H2,1-2H3. The number of hydrogen-bond acceptors (Lipinski definition) is 5. The van der Waals surface area contributed by atoms with Gasteiger partial charge in [0.15, 0.2) is 0 Å². The number of nitrogens with zero attached hydrogens (tertiary/aromatic N) is 4. The van der Waals surface area contributed by atoms with Crippen molar-refractivity contribution in [3.8, 4) is 5.75 Å². The summed E-state index contributed by atoms with van der Waals surface area (Å²) in [6.07, 6.45) is 1.82. The Kier molecular flexibility index (Phi) is 4.55. The van der Waals surface area contributed by atoms with Gasteiger partial charge in [-0.1, -0.05) is 17.7 Å². The van der Waals surface area contributed by atoms with Crippen LogP contribution in [-0.4, -0.2) is 38.0 Å². The third kappa shape index (κ3) is 2.88. The van der Waals surface area contributed by atoms with Crippen LogP contribution in [0.2, 0.25) is 5.02 Å². The number of aliphatic hydroxyl groups excluding tert-OH is 1. The monoisotopic (exact) mass is 348 g/mol. The highest BCUT2D eigenvalue weighted by Crippen LogP contribution is 2.23. The number of ether oxygens (including phenoxy) is 1. The van der Waals surface area contributed by atoms with E-state index in [4.69, 9.17) is 21.4 Å². The van der Waals surface area contributed by atoms with Crippen LogP contribution in [-0.2, 0) is 13.0 Å². The number of hydrogen-bond donors (Lipinski definition) is 1. The molecule has 8 heteroatoms. The number of benzene rings is 1. The first-order chi connectivity index (χ1) is 11.5. The minimum Gasteiger partial charge on any atom is -0.496 e. The van der Waals surface area contributed by atoms with Crippen molar-refractivity contribution in [3.63, 3.8) is 0 Å². The van der Waals surface area contributed by atoms with Crippen molar-refractivity contribution in [3.05, 3.63) is 56.7 Å². The number of aromatic nitrogens is 4. The number of halogens is 1. The third-order valence-electron chi connectivity index (χ3n) is 3.85. The molecule has 0 radical (unpaired) electrons. The van der Waals surface area contributed by atoms with E-state index in [2.05, 4.69) is 9.97 Å². The van der Waals surface area contributed by atoms with Crippen LogP contribution in [0.4, 0.5) is 0 Å². The number of methoxy groups -OCH3 is 1. The molecule has 0 saturated heterocycles. The first-order valence-corrected chi connectivity index (χ1v) is 7.80. The van der Waals surface area contributed by atoms with Crippen LogP contribution in [0.25, 0.3) is 5.78 Å². The Hall–Kier alpha value is -2.38. The fourth-order valence-corrected chi connectivity index (χ4v) is 2.82. The molecule has 0 saturated carbocycles. The van der Waals surface area contributed by atoms with Crippen LogP contribution in [0.1, 0.15) is 16.8 Å². The normalized spacial score (nSPS) is 11.2. The number of rotatable bonds is 5. The van der Waals surface area contributed by atoms with Crippen LogP contribution >= 0.6 is 11.6 Å². The Balaban J connectivity index is 2.11. The van der Waals surface area contributed by atoms with E-state index in [1.54, 1.807) is 37.2 Å². The van der Waals surface area contributed by atoms with Crippen LogP contribution in [0, 0.1) is 6.92 Å². The van der Waals surface area contributed by atoms with E-state index >= 15 is 0 Å². The summed E-state index contributed by atoms with van der Waals surface area (Å²) in [5.41, 5.74) is 1.71. The maximum absolute atomic E-state index is 12.7. The van der Waals surface area contributed by atoms with Gasteiger partial charge in [0.25, 0.3) is 11.3 Å². The molecule has 1 N–H and O–H groups in total. The summed E-state index contributed by atoms with van der Waals surface area (Å²) in [6.45, 7) is 2.01. The quantitative estimate of drug-likeness (QED) is 0.754. The van der Waals surface area contributed by atoms with Crippen molar-refractivity contribution < 1.29 is 9.84 Å². The van der Waals surface area contributed by atoms with E-state index in [0.29, 0.717) is 34.4 Å². The largest absolute Gasteiger partial charge is 0.496 e. The highest BCUT2D eigenvalue weighted by molar-refractivity contribution is 6.30. The Morgan fingerprint density at radius 2 is 2.17 bits per heavy atom. The molecule has 2 aromatic heterocycles. The van der Waals surface area contributed by atoms with Gasteiger partial charge >= 0.3 is 0 Å². The van der Waals surface area contributed by atoms with Gasteiger partial charge in [0, 0.05) is 29.2 Å². The summed E-state index contributed by atoms with van der Waals surface area (Å²) in [5.74, 6) is 0.958. The first kappa shape index (κ1) is 16.5. The number of aliphatic hydroxyl groups is 1. The lowest BCUT2D eigenvalue weighted by Gasteiger charge is -2.11. The SMILES string of the molecule is COc1cc(Cl)ccc1Cn1cnc2nc(C)c(CCO)c(=O)n21. The van der Waals surface area contributed by atoms with Gasteiger partial charge in [-0.25, -0.2) is 4.98 Å². The molecule has 0 spiro atoms. The first-order valence-electron chi connectivity index (χ1n) is 7.42. The highest BCUT2D eigenvalue weighted by Gasteiger charge is 2.14. The summed E-state index contributed by atoms with van der Waals surface area (Å²) in [4.78, 5) is 21.3. The molecule has 7 nitrogen and oxygen atoms in total. The van der Waals surface area contributed by atoms with E-state index in [0.717, 1.165) is 5.56 Å². The van der Waals surface area contributed by atoms with E-state index in [1.807, 2.05) is 6.07 Å². The maximum Gasteiger partial charge on any atom is 0.277 e. The molecule has 0 fully saturated rings. The summed E-state index contributed by atoms with van der Waals surface area (Å²) in [7, 11) is 1.57. The molecule has 3 aromatic rings. The van der Waals surface area contributed by atoms with Crippen molar-refractivity contribution >= 4 is 17.4 Å². The Morgan fingerprint density at radius 1 is 1.38 bits per heavy atom. The van der Waals surface area contributed by atoms with Crippen LogP contribution < -0.4 is 10.3 Å². The Bertz CT molecular complexity index is 948. The Morgan fingerprint density at radius 3 is 2.88 bits per heavy atom. The molecule has 0 aliphatic carbocycles. The summed E-state index contributed by atoms with van der Waals surface area (Å²) < 4.78 is 8.42. The maximum atomic E-state index is 12.7. The van der Waals surface area contributed by atoms with Crippen molar-refractivity contribution in [2.24, 2.45) is 0 Å². The minimum absolute atomic E-state index is 0.108. The molecule has 0 aliphatic rings. The second kappa shape index (κ2) is 6.62. The third-order valence-corrected chi connectivity index (χ3v) is 4.09. The average molecular weight is 349 g/mol.